The molecule has 1 aliphatic heterocycles. The molecule has 1 aromatic rings. The van der Waals surface area contributed by atoms with Crippen LogP contribution in [0.2, 0.25) is 0 Å². The summed E-state index contributed by atoms with van der Waals surface area (Å²) < 4.78 is 0. The first-order valence-corrected chi connectivity index (χ1v) is 7.25. The van der Waals surface area contributed by atoms with Gasteiger partial charge in [0.25, 0.3) is 5.91 Å². The highest BCUT2D eigenvalue weighted by molar-refractivity contribution is 6.01. The zero-order chi connectivity index (χ0) is 15.7. The first kappa shape index (κ1) is 15.6. The largest absolute Gasteiger partial charge is 0.477 e. The lowest BCUT2D eigenvalue weighted by molar-refractivity contribution is 0.0688. The first-order valence-electron chi connectivity index (χ1n) is 7.25. The lowest BCUT2D eigenvalue weighted by Crippen LogP contribution is -2.42. The predicted octanol–water partition coefficient (Wildman–Crippen LogP) is 1.50. The second kappa shape index (κ2) is 5.89. The molecule has 6 heteroatoms. The Morgan fingerprint density at radius 2 is 1.95 bits per heavy atom. The summed E-state index contributed by atoms with van der Waals surface area (Å²) in [6.07, 6.45) is 0.931. The van der Waals surface area contributed by atoms with E-state index in [4.69, 9.17) is 5.11 Å². The summed E-state index contributed by atoms with van der Waals surface area (Å²) in [7, 11) is 2.06. The van der Waals surface area contributed by atoms with Crippen LogP contribution in [0.25, 0.3) is 0 Å². The van der Waals surface area contributed by atoms with Gasteiger partial charge in [-0.25, -0.2) is 4.79 Å². The molecule has 0 spiro atoms. The maximum absolute atomic E-state index is 12.8. The molecule has 2 rings (SSSR count). The van der Waals surface area contributed by atoms with E-state index in [1.165, 1.54) is 0 Å². The third-order valence-electron chi connectivity index (χ3n) is 4.17. The number of aryl methyl sites for hydroxylation is 1. The van der Waals surface area contributed by atoms with E-state index < -0.39 is 5.97 Å². The van der Waals surface area contributed by atoms with E-state index >= 15 is 0 Å². The van der Waals surface area contributed by atoms with Crippen molar-refractivity contribution < 1.29 is 14.7 Å². The van der Waals surface area contributed by atoms with E-state index in [1.807, 2.05) is 11.8 Å². The van der Waals surface area contributed by atoms with Gasteiger partial charge in [-0.3, -0.25) is 4.79 Å². The van der Waals surface area contributed by atoms with E-state index in [9.17, 15) is 9.59 Å². The smallest absolute Gasteiger partial charge is 0.352 e. The highest BCUT2D eigenvalue weighted by Gasteiger charge is 2.29. The molecule has 21 heavy (non-hydrogen) atoms. The number of nitrogens with one attached hydrogen (secondary N) is 1. The average molecular weight is 293 g/mol. The third-order valence-corrected chi connectivity index (χ3v) is 4.17. The third kappa shape index (κ3) is 2.95. The van der Waals surface area contributed by atoms with Crippen LogP contribution >= 0.6 is 0 Å². The number of aromatic amines is 1. The molecule has 0 aromatic carbocycles. The van der Waals surface area contributed by atoms with Crippen LogP contribution in [0.4, 0.5) is 0 Å². The fourth-order valence-corrected chi connectivity index (χ4v) is 3.10. The zero-order valence-corrected chi connectivity index (χ0v) is 13.1. The number of likely N-dealkylation sites (N-methyl/N-ethyl adjacent to an activating group) is 1. The van der Waals surface area contributed by atoms with Crippen LogP contribution in [0.15, 0.2) is 0 Å². The quantitative estimate of drug-likeness (QED) is 0.866. The van der Waals surface area contributed by atoms with Crippen LogP contribution in [0.1, 0.15) is 45.4 Å². The Bertz CT molecular complexity index is 565. The summed E-state index contributed by atoms with van der Waals surface area (Å²) >= 11 is 0. The van der Waals surface area contributed by atoms with Gasteiger partial charge >= 0.3 is 5.97 Å². The van der Waals surface area contributed by atoms with Gasteiger partial charge in [0.1, 0.15) is 5.69 Å². The summed E-state index contributed by atoms with van der Waals surface area (Å²) in [5, 5.41) is 9.16. The second-order valence-electron chi connectivity index (χ2n) is 5.89. The van der Waals surface area contributed by atoms with Crippen molar-refractivity contribution in [1.82, 2.24) is 14.8 Å². The van der Waals surface area contributed by atoms with Gasteiger partial charge < -0.3 is 19.9 Å². The monoisotopic (exact) mass is 293 g/mol. The van der Waals surface area contributed by atoms with Crippen molar-refractivity contribution in [3.05, 3.63) is 22.5 Å². The Labute approximate surface area is 124 Å². The van der Waals surface area contributed by atoms with Gasteiger partial charge in [0, 0.05) is 24.8 Å². The van der Waals surface area contributed by atoms with E-state index in [2.05, 4.69) is 16.9 Å². The molecule has 1 unspecified atom stereocenters. The fraction of sp³-hybridized carbons (Fsp3) is 0.600. The molecule has 1 atom stereocenters. The Balaban J connectivity index is 2.33. The molecule has 0 radical (unpaired) electrons. The minimum absolute atomic E-state index is 0.0726. The number of carboxylic acids is 1. The van der Waals surface area contributed by atoms with Crippen molar-refractivity contribution in [2.45, 2.75) is 33.2 Å². The number of carbonyl (C=O) groups excluding carboxylic acids is 1. The number of aromatic nitrogens is 1. The van der Waals surface area contributed by atoms with Crippen molar-refractivity contribution in [1.29, 1.82) is 0 Å². The molecule has 2 heterocycles. The van der Waals surface area contributed by atoms with E-state index in [0.29, 0.717) is 23.4 Å². The van der Waals surface area contributed by atoms with Crippen LogP contribution in [-0.2, 0) is 0 Å². The molecule has 1 aromatic heterocycles. The van der Waals surface area contributed by atoms with E-state index in [0.717, 1.165) is 19.5 Å². The first-order chi connectivity index (χ1) is 9.82. The molecular weight excluding hydrogens is 270 g/mol. The Hall–Kier alpha value is -1.82. The van der Waals surface area contributed by atoms with Crippen molar-refractivity contribution in [3.63, 3.8) is 0 Å². The highest BCUT2D eigenvalue weighted by atomic mass is 16.4. The van der Waals surface area contributed by atoms with Crippen LogP contribution in [0.3, 0.4) is 0 Å². The number of aromatic carboxylic acids is 1. The standard InChI is InChI=1S/C15H23N3O3/c1-9-8-17(4)6-5-7-18(9)14(19)12-10(2)13(15(20)21)16-11(12)3/h9,16H,5-8H2,1-4H3,(H,20,21). The van der Waals surface area contributed by atoms with E-state index in [-0.39, 0.29) is 17.6 Å². The van der Waals surface area contributed by atoms with E-state index in [1.54, 1.807) is 13.8 Å². The maximum atomic E-state index is 12.8. The normalized spacial score (nSPS) is 20.4. The Morgan fingerprint density at radius 3 is 2.52 bits per heavy atom. The number of carbonyl (C=O) groups is 2. The van der Waals surface area contributed by atoms with Crippen molar-refractivity contribution in [2.24, 2.45) is 0 Å². The van der Waals surface area contributed by atoms with Crippen molar-refractivity contribution in [3.8, 4) is 0 Å². The minimum atomic E-state index is -1.03. The molecule has 1 amide bonds. The molecule has 2 N–H and O–H groups in total. The van der Waals surface area contributed by atoms with Gasteiger partial charge in [-0.05, 0) is 46.3 Å². The summed E-state index contributed by atoms with van der Waals surface area (Å²) in [5.74, 6) is -1.10. The molecule has 0 bridgehead atoms. The highest BCUT2D eigenvalue weighted by Crippen LogP contribution is 2.22. The molecule has 116 valence electrons. The number of hydrogen-bond acceptors (Lipinski definition) is 3. The van der Waals surface area contributed by atoms with Crippen LogP contribution < -0.4 is 0 Å². The Morgan fingerprint density at radius 1 is 1.29 bits per heavy atom. The molecule has 1 saturated heterocycles. The number of H-pyrrole nitrogens is 1. The minimum Gasteiger partial charge on any atom is -0.477 e. The van der Waals surface area contributed by atoms with Gasteiger partial charge in [0.2, 0.25) is 0 Å². The van der Waals surface area contributed by atoms with Crippen LogP contribution in [-0.4, -0.2) is 64.5 Å². The molecule has 1 fully saturated rings. The van der Waals surface area contributed by atoms with Crippen molar-refractivity contribution in [2.75, 3.05) is 26.7 Å². The summed E-state index contributed by atoms with van der Waals surface area (Å²) in [4.78, 5) is 30.9. The topological polar surface area (TPSA) is 76.6 Å². The van der Waals surface area contributed by atoms with Gasteiger partial charge in [-0.2, -0.15) is 0 Å². The Kier molecular flexibility index (Phi) is 4.37. The predicted molar refractivity (Wildman–Crippen MR) is 79.8 cm³/mol. The average Bonchev–Trinajstić information content (AvgIpc) is 2.58. The van der Waals surface area contributed by atoms with Gasteiger partial charge in [-0.1, -0.05) is 0 Å². The summed E-state index contributed by atoms with van der Waals surface area (Å²) in [6, 6.07) is 0.118. The SMILES string of the molecule is Cc1[nH]c(C(=O)O)c(C)c1C(=O)N1CCCN(C)CC1C. The van der Waals surface area contributed by atoms with Gasteiger partial charge in [0.15, 0.2) is 0 Å². The van der Waals surface area contributed by atoms with Gasteiger partial charge in [0.05, 0.1) is 5.56 Å². The zero-order valence-electron chi connectivity index (χ0n) is 13.1. The molecule has 6 nitrogen and oxygen atoms in total. The van der Waals surface area contributed by atoms with Crippen LogP contribution in [0.5, 0.6) is 0 Å². The molecule has 0 saturated carbocycles. The second-order valence-corrected chi connectivity index (χ2v) is 5.89. The molecule has 0 aliphatic carbocycles. The number of rotatable bonds is 2. The number of hydrogen-bond donors (Lipinski definition) is 2. The maximum Gasteiger partial charge on any atom is 0.352 e. The van der Waals surface area contributed by atoms with Crippen LogP contribution in [0, 0.1) is 13.8 Å². The number of amides is 1. The van der Waals surface area contributed by atoms with Crippen molar-refractivity contribution >= 4 is 11.9 Å². The van der Waals surface area contributed by atoms with Gasteiger partial charge in [-0.15, -0.1) is 0 Å². The fourth-order valence-electron chi connectivity index (χ4n) is 3.10. The molecule has 1 aliphatic rings. The lowest BCUT2D eigenvalue weighted by Gasteiger charge is -2.28. The number of carboxylic acid groups (broad SMARTS) is 1. The summed E-state index contributed by atoms with van der Waals surface area (Å²) in [6.45, 7) is 7.99. The summed E-state index contributed by atoms with van der Waals surface area (Å²) in [5.41, 5.74) is 1.76. The number of nitrogens with zero attached hydrogens (tertiary/aromatic N) is 2. The molecular formula is C15H23N3O3. The lowest BCUT2D eigenvalue weighted by atomic mass is 10.1.